The first-order valence-corrected chi connectivity index (χ1v) is 6.68. The lowest BCUT2D eigenvalue weighted by atomic mass is 9.82. The molecule has 1 saturated heterocycles. The van der Waals surface area contributed by atoms with Crippen LogP contribution in [0.2, 0.25) is 0 Å². The van der Waals surface area contributed by atoms with Crippen molar-refractivity contribution in [2.45, 2.75) is 59.4 Å². The van der Waals surface area contributed by atoms with Gasteiger partial charge in [-0.15, -0.1) is 0 Å². The molecular weight excluding hydrogens is 228 g/mol. The molecule has 4 heteroatoms. The molecule has 1 fully saturated rings. The van der Waals surface area contributed by atoms with Gasteiger partial charge in [-0.25, -0.2) is 0 Å². The number of rotatable bonds is 4. The molecule has 1 aliphatic heterocycles. The summed E-state index contributed by atoms with van der Waals surface area (Å²) in [5, 5.41) is 3.03. The van der Waals surface area contributed by atoms with Crippen molar-refractivity contribution in [1.29, 1.82) is 0 Å². The molecule has 0 saturated carbocycles. The van der Waals surface area contributed by atoms with Crippen LogP contribution in [-0.4, -0.2) is 35.3 Å². The summed E-state index contributed by atoms with van der Waals surface area (Å²) >= 11 is 0. The van der Waals surface area contributed by atoms with E-state index >= 15 is 0 Å². The Labute approximate surface area is 110 Å². The molecule has 0 radical (unpaired) electrons. The van der Waals surface area contributed by atoms with Crippen LogP contribution in [0, 0.1) is 5.41 Å². The number of amides is 2. The van der Waals surface area contributed by atoms with E-state index in [1.54, 1.807) is 4.90 Å². The monoisotopic (exact) mass is 254 g/mol. The number of nitrogens with zero attached hydrogens (tertiary/aromatic N) is 1. The van der Waals surface area contributed by atoms with E-state index < -0.39 is 0 Å². The highest BCUT2D eigenvalue weighted by atomic mass is 16.2. The summed E-state index contributed by atoms with van der Waals surface area (Å²) in [5.41, 5.74) is -0.0711. The lowest BCUT2D eigenvalue weighted by Crippen LogP contribution is -2.49. The molecule has 0 spiro atoms. The summed E-state index contributed by atoms with van der Waals surface area (Å²) in [6, 6.07) is 0. The lowest BCUT2D eigenvalue weighted by Gasteiger charge is -2.33. The molecule has 0 aromatic rings. The maximum atomic E-state index is 11.9. The number of likely N-dealkylation sites (tertiary alicyclic amines) is 1. The standard InChI is InChI=1S/C14H26N2O2/c1-13(2,3)10-14(4,5)15-11(17)9-16-8-6-7-12(16)18/h6-10H2,1-5H3,(H,15,17). The molecule has 1 heterocycles. The van der Waals surface area contributed by atoms with Crippen LogP contribution in [-0.2, 0) is 9.59 Å². The van der Waals surface area contributed by atoms with Crippen LogP contribution in [0.3, 0.4) is 0 Å². The van der Waals surface area contributed by atoms with E-state index in [0.29, 0.717) is 13.0 Å². The average molecular weight is 254 g/mol. The second-order valence-corrected chi connectivity index (χ2v) is 7.09. The van der Waals surface area contributed by atoms with Crippen LogP contribution < -0.4 is 5.32 Å². The van der Waals surface area contributed by atoms with E-state index in [4.69, 9.17) is 0 Å². The van der Waals surface area contributed by atoms with Gasteiger partial charge in [0, 0.05) is 18.5 Å². The van der Waals surface area contributed by atoms with Crippen molar-refractivity contribution in [1.82, 2.24) is 10.2 Å². The van der Waals surface area contributed by atoms with Crippen molar-refractivity contribution in [3.8, 4) is 0 Å². The molecule has 0 aromatic carbocycles. The SMILES string of the molecule is CC(C)(C)CC(C)(C)NC(=O)CN1CCCC1=O. The van der Waals surface area contributed by atoms with Gasteiger partial charge < -0.3 is 10.2 Å². The van der Waals surface area contributed by atoms with Crippen LogP contribution in [0.4, 0.5) is 0 Å². The van der Waals surface area contributed by atoms with Crippen molar-refractivity contribution < 1.29 is 9.59 Å². The summed E-state index contributed by atoms with van der Waals surface area (Å²) < 4.78 is 0. The molecule has 0 bridgehead atoms. The van der Waals surface area contributed by atoms with Crippen LogP contribution in [0.25, 0.3) is 0 Å². The molecule has 104 valence electrons. The Bertz CT molecular complexity index is 329. The summed E-state index contributed by atoms with van der Waals surface area (Å²) in [6.45, 7) is 11.4. The number of carbonyl (C=O) groups is 2. The van der Waals surface area contributed by atoms with Crippen LogP contribution in [0.1, 0.15) is 53.9 Å². The van der Waals surface area contributed by atoms with Gasteiger partial charge in [0.05, 0.1) is 6.54 Å². The zero-order valence-electron chi connectivity index (χ0n) is 12.3. The van der Waals surface area contributed by atoms with Gasteiger partial charge in [0.25, 0.3) is 0 Å². The molecule has 0 atom stereocenters. The van der Waals surface area contributed by atoms with E-state index in [-0.39, 0.29) is 29.3 Å². The van der Waals surface area contributed by atoms with Crippen LogP contribution in [0.15, 0.2) is 0 Å². The predicted octanol–water partition coefficient (Wildman–Crippen LogP) is 1.94. The molecule has 1 rings (SSSR count). The first-order valence-electron chi connectivity index (χ1n) is 6.68. The normalized spacial score (nSPS) is 17.2. The molecular formula is C14H26N2O2. The minimum atomic E-state index is -0.238. The van der Waals surface area contributed by atoms with Gasteiger partial charge in [-0.1, -0.05) is 20.8 Å². The topological polar surface area (TPSA) is 49.4 Å². The van der Waals surface area contributed by atoms with Crippen molar-refractivity contribution >= 4 is 11.8 Å². The third-order valence-electron chi connectivity index (χ3n) is 2.96. The van der Waals surface area contributed by atoms with Gasteiger partial charge >= 0.3 is 0 Å². The third kappa shape index (κ3) is 5.07. The minimum Gasteiger partial charge on any atom is -0.350 e. The van der Waals surface area contributed by atoms with Crippen molar-refractivity contribution in [3.05, 3.63) is 0 Å². The van der Waals surface area contributed by atoms with Crippen molar-refractivity contribution in [2.24, 2.45) is 5.41 Å². The molecule has 1 aliphatic rings. The lowest BCUT2D eigenvalue weighted by molar-refractivity contribution is -0.133. The van der Waals surface area contributed by atoms with E-state index in [9.17, 15) is 9.59 Å². The number of hydrogen-bond donors (Lipinski definition) is 1. The quantitative estimate of drug-likeness (QED) is 0.833. The van der Waals surface area contributed by atoms with Gasteiger partial charge in [0.15, 0.2) is 0 Å². The van der Waals surface area contributed by atoms with Crippen molar-refractivity contribution in [2.75, 3.05) is 13.1 Å². The molecule has 0 unspecified atom stereocenters. The average Bonchev–Trinajstić information content (AvgIpc) is 2.45. The second-order valence-electron chi connectivity index (χ2n) is 7.09. The maximum absolute atomic E-state index is 11.9. The smallest absolute Gasteiger partial charge is 0.240 e. The zero-order valence-corrected chi connectivity index (χ0v) is 12.3. The number of nitrogens with one attached hydrogen (secondary N) is 1. The maximum Gasteiger partial charge on any atom is 0.240 e. The van der Waals surface area contributed by atoms with E-state index in [2.05, 4.69) is 26.1 Å². The molecule has 2 amide bonds. The van der Waals surface area contributed by atoms with E-state index in [0.717, 1.165) is 12.8 Å². The highest BCUT2D eigenvalue weighted by molar-refractivity contribution is 5.86. The molecule has 0 aliphatic carbocycles. The van der Waals surface area contributed by atoms with Gasteiger partial charge in [0.1, 0.15) is 0 Å². The Balaban J connectivity index is 2.46. The Morgan fingerprint density at radius 2 is 1.89 bits per heavy atom. The third-order valence-corrected chi connectivity index (χ3v) is 2.96. The zero-order chi connectivity index (χ0) is 14.0. The Hall–Kier alpha value is -1.06. The van der Waals surface area contributed by atoms with Gasteiger partial charge in [-0.3, -0.25) is 9.59 Å². The predicted molar refractivity (Wildman–Crippen MR) is 72.1 cm³/mol. The van der Waals surface area contributed by atoms with E-state index in [1.807, 2.05) is 13.8 Å². The van der Waals surface area contributed by atoms with Gasteiger partial charge in [0.2, 0.25) is 11.8 Å². The fourth-order valence-corrected chi connectivity index (χ4v) is 2.83. The van der Waals surface area contributed by atoms with Crippen molar-refractivity contribution in [3.63, 3.8) is 0 Å². The summed E-state index contributed by atoms with van der Waals surface area (Å²) in [5.74, 6) is 0.0401. The summed E-state index contributed by atoms with van der Waals surface area (Å²) in [7, 11) is 0. The fourth-order valence-electron chi connectivity index (χ4n) is 2.83. The summed E-state index contributed by atoms with van der Waals surface area (Å²) in [4.78, 5) is 25.0. The highest BCUT2D eigenvalue weighted by Crippen LogP contribution is 2.26. The molecule has 4 nitrogen and oxygen atoms in total. The number of hydrogen-bond acceptors (Lipinski definition) is 2. The van der Waals surface area contributed by atoms with Gasteiger partial charge in [-0.05, 0) is 32.1 Å². The first-order chi connectivity index (χ1) is 8.09. The van der Waals surface area contributed by atoms with Crippen LogP contribution in [0.5, 0.6) is 0 Å². The van der Waals surface area contributed by atoms with Crippen LogP contribution >= 0.6 is 0 Å². The van der Waals surface area contributed by atoms with E-state index in [1.165, 1.54) is 0 Å². The minimum absolute atomic E-state index is 0.0560. The molecule has 1 N–H and O–H groups in total. The van der Waals surface area contributed by atoms with Gasteiger partial charge in [-0.2, -0.15) is 0 Å². The summed E-state index contributed by atoms with van der Waals surface area (Å²) in [6.07, 6.45) is 2.36. The first kappa shape index (κ1) is 15.0. The fraction of sp³-hybridized carbons (Fsp3) is 0.857. The highest BCUT2D eigenvalue weighted by Gasteiger charge is 2.29. The molecule has 18 heavy (non-hydrogen) atoms. The Kier molecular flexibility index (Phi) is 4.41. The Morgan fingerprint density at radius 3 is 2.33 bits per heavy atom. The Morgan fingerprint density at radius 1 is 1.28 bits per heavy atom. The molecule has 0 aromatic heterocycles. The largest absolute Gasteiger partial charge is 0.350 e. The number of carbonyl (C=O) groups excluding carboxylic acids is 2. The second kappa shape index (κ2) is 5.29.